The standard InChI is InChI=1S/C10H17N3OS/c1-7(4-14)5-15-10-8(2)9(11-3)12-6-13-10/h6-7,14H,4-5H2,1-3H3,(H,11,12,13). The van der Waals surface area contributed by atoms with Crippen molar-refractivity contribution in [3.63, 3.8) is 0 Å². The Morgan fingerprint density at radius 2 is 2.27 bits per heavy atom. The van der Waals surface area contributed by atoms with Gasteiger partial charge in [0, 0.05) is 25.0 Å². The van der Waals surface area contributed by atoms with Gasteiger partial charge in [0.1, 0.15) is 17.2 Å². The number of nitrogens with zero attached hydrogens (tertiary/aromatic N) is 2. The molecule has 0 bridgehead atoms. The highest BCUT2D eigenvalue weighted by Crippen LogP contribution is 2.24. The molecular weight excluding hydrogens is 210 g/mol. The highest BCUT2D eigenvalue weighted by molar-refractivity contribution is 7.99. The molecule has 0 radical (unpaired) electrons. The van der Waals surface area contributed by atoms with Crippen LogP contribution in [0.5, 0.6) is 0 Å². The van der Waals surface area contributed by atoms with Gasteiger partial charge in [-0.2, -0.15) is 0 Å². The van der Waals surface area contributed by atoms with E-state index in [-0.39, 0.29) is 6.61 Å². The molecule has 1 unspecified atom stereocenters. The maximum atomic E-state index is 8.92. The first-order valence-electron chi connectivity index (χ1n) is 4.92. The summed E-state index contributed by atoms with van der Waals surface area (Å²) in [7, 11) is 1.85. The molecule has 1 aromatic rings. The van der Waals surface area contributed by atoms with Gasteiger partial charge in [0.15, 0.2) is 0 Å². The number of thioether (sulfide) groups is 1. The predicted octanol–water partition coefficient (Wildman–Crippen LogP) is 1.55. The predicted molar refractivity (Wildman–Crippen MR) is 63.3 cm³/mol. The smallest absolute Gasteiger partial charge is 0.133 e. The van der Waals surface area contributed by atoms with Crippen LogP contribution in [0.3, 0.4) is 0 Å². The summed E-state index contributed by atoms with van der Waals surface area (Å²) in [5.74, 6) is 2.03. The van der Waals surface area contributed by atoms with Crippen molar-refractivity contribution in [1.82, 2.24) is 9.97 Å². The Balaban J connectivity index is 2.68. The number of aromatic nitrogens is 2. The van der Waals surface area contributed by atoms with Crippen LogP contribution in [0, 0.1) is 12.8 Å². The Kier molecular flexibility index (Phi) is 4.84. The molecule has 0 saturated carbocycles. The van der Waals surface area contributed by atoms with Gasteiger partial charge in [-0.25, -0.2) is 9.97 Å². The first-order valence-corrected chi connectivity index (χ1v) is 5.90. The van der Waals surface area contributed by atoms with Crippen molar-refractivity contribution >= 4 is 17.6 Å². The van der Waals surface area contributed by atoms with Gasteiger partial charge in [0.2, 0.25) is 0 Å². The average molecular weight is 227 g/mol. The zero-order valence-electron chi connectivity index (χ0n) is 9.32. The fourth-order valence-electron chi connectivity index (χ4n) is 1.11. The summed E-state index contributed by atoms with van der Waals surface area (Å²) in [4.78, 5) is 8.34. The Morgan fingerprint density at radius 1 is 1.53 bits per heavy atom. The molecule has 1 heterocycles. The van der Waals surface area contributed by atoms with Gasteiger partial charge in [-0.05, 0) is 12.8 Å². The maximum absolute atomic E-state index is 8.92. The summed E-state index contributed by atoms with van der Waals surface area (Å²) in [6.45, 7) is 4.23. The third-order valence-electron chi connectivity index (χ3n) is 2.09. The Morgan fingerprint density at radius 3 is 2.87 bits per heavy atom. The van der Waals surface area contributed by atoms with E-state index in [4.69, 9.17) is 5.11 Å². The fraction of sp³-hybridized carbons (Fsp3) is 0.600. The van der Waals surface area contributed by atoms with Crippen LogP contribution in [0.15, 0.2) is 11.4 Å². The first kappa shape index (κ1) is 12.3. The third kappa shape index (κ3) is 3.35. The van der Waals surface area contributed by atoms with Crippen LogP contribution < -0.4 is 5.32 Å². The summed E-state index contributed by atoms with van der Waals surface area (Å²) in [6, 6.07) is 0. The van der Waals surface area contributed by atoms with Gasteiger partial charge in [0.05, 0.1) is 0 Å². The second-order valence-electron chi connectivity index (χ2n) is 3.50. The van der Waals surface area contributed by atoms with E-state index in [9.17, 15) is 0 Å². The first-order chi connectivity index (χ1) is 7.19. The molecule has 0 aromatic carbocycles. The average Bonchev–Trinajstić information content (AvgIpc) is 2.27. The van der Waals surface area contributed by atoms with Gasteiger partial charge < -0.3 is 10.4 Å². The maximum Gasteiger partial charge on any atom is 0.133 e. The van der Waals surface area contributed by atoms with Crippen molar-refractivity contribution in [1.29, 1.82) is 0 Å². The molecule has 84 valence electrons. The van der Waals surface area contributed by atoms with Crippen LogP contribution >= 0.6 is 11.8 Å². The highest BCUT2D eigenvalue weighted by atomic mass is 32.2. The fourth-order valence-corrected chi connectivity index (χ4v) is 2.09. The highest BCUT2D eigenvalue weighted by Gasteiger charge is 2.08. The summed E-state index contributed by atoms with van der Waals surface area (Å²) in [5, 5.41) is 12.9. The molecule has 0 fully saturated rings. The lowest BCUT2D eigenvalue weighted by atomic mass is 10.2. The van der Waals surface area contributed by atoms with Crippen LogP contribution in [0.2, 0.25) is 0 Å². The molecule has 0 aliphatic rings. The van der Waals surface area contributed by atoms with Crippen LogP contribution in [-0.4, -0.2) is 34.5 Å². The number of hydrogen-bond acceptors (Lipinski definition) is 5. The summed E-state index contributed by atoms with van der Waals surface area (Å²) in [6.07, 6.45) is 1.56. The second-order valence-corrected chi connectivity index (χ2v) is 4.51. The largest absolute Gasteiger partial charge is 0.396 e. The molecule has 1 atom stereocenters. The SMILES string of the molecule is CNc1ncnc(SCC(C)CO)c1C. The van der Waals surface area contributed by atoms with Crippen molar-refractivity contribution in [2.75, 3.05) is 24.7 Å². The number of rotatable bonds is 5. The summed E-state index contributed by atoms with van der Waals surface area (Å²) in [5.41, 5.74) is 1.06. The van der Waals surface area contributed by atoms with E-state index in [1.165, 1.54) is 0 Å². The molecular formula is C10H17N3OS. The number of aliphatic hydroxyl groups excluding tert-OH is 1. The van der Waals surface area contributed by atoms with Crippen molar-refractivity contribution in [3.8, 4) is 0 Å². The van der Waals surface area contributed by atoms with E-state index in [2.05, 4.69) is 15.3 Å². The molecule has 0 saturated heterocycles. The monoisotopic (exact) mass is 227 g/mol. The minimum absolute atomic E-state index is 0.218. The second kappa shape index (κ2) is 5.92. The lowest BCUT2D eigenvalue weighted by Gasteiger charge is -2.10. The number of anilines is 1. The van der Waals surface area contributed by atoms with Gasteiger partial charge in [-0.3, -0.25) is 0 Å². The van der Waals surface area contributed by atoms with Gasteiger partial charge >= 0.3 is 0 Å². The van der Waals surface area contributed by atoms with Gasteiger partial charge in [-0.1, -0.05) is 6.92 Å². The van der Waals surface area contributed by atoms with Gasteiger partial charge in [0.25, 0.3) is 0 Å². The van der Waals surface area contributed by atoms with Crippen molar-refractivity contribution < 1.29 is 5.11 Å². The van der Waals surface area contributed by atoms with E-state index < -0.39 is 0 Å². The van der Waals surface area contributed by atoms with Crippen LogP contribution in [0.25, 0.3) is 0 Å². The Hall–Kier alpha value is -0.810. The number of nitrogens with one attached hydrogen (secondary N) is 1. The van der Waals surface area contributed by atoms with E-state index in [0.717, 1.165) is 22.2 Å². The zero-order chi connectivity index (χ0) is 11.3. The lowest BCUT2D eigenvalue weighted by Crippen LogP contribution is -2.05. The molecule has 0 spiro atoms. The Bertz CT molecular complexity index is 320. The minimum Gasteiger partial charge on any atom is -0.396 e. The minimum atomic E-state index is 0.218. The lowest BCUT2D eigenvalue weighted by molar-refractivity contribution is 0.250. The van der Waals surface area contributed by atoms with E-state index in [1.807, 2.05) is 20.9 Å². The van der Waals surface area contributed by atoms with Crippen LogP contribution in [0.4, 0.5) is 5.82 Å². The van der Waals surface area contributed by atoms with Crippen LogP contribution in [0.1, 0.15) is 12.5 Å². The Labute approximate surface area is 94.5 Å². The topological polar surface area (TPSA) is 58.0 Å². The molecule has 0 amide bonds. The summed E-state index contributed by atoms with van der Waals surface area (Å²) >= 11 is 1.66. The molecule has 1 rings (SSSR count). The molecule has 2 N–H and O–H groups in total. The molecule has 15 heavy (non-hydrogen) atoms. The number of hydrogen-bond donors (Lipinski definition) is 2. The quantitative estimate of drug-likeness (QED) is 0.590. The van der Waals surface area contributed by atoms with Crippen LogP contribution in [-0.2, 0) is 0 Å². The molecule has 0 aliphatic carbocycles. The molecule has 0 aliphatic heterocycles. The van der Waals surface area contributed by atoms with E-state index in [1.54, 1.807) is 18.1 Å². The molecule has 4 nitrogen and oxygen atoms in total. The van der Waals surface area contributed by atoms with E-state index >= 15 is 0 Å². The van der Waals surface area contributed by atoms with Crippen molar-refractivity contribution in [2.45, 2.75) is 18.9 Å². The number of aliphatic hydroxyl groups is 1. The van der Waals surface area contributed by atoms with Crippen molar-refractivity contribution in [2.24, 2.45) is 5.92 Å². The van der Waals surface area contributed by atoms with E-state index in [0.29, 0.717) is 5.92 Å². The molecule has 5 heteroatoms. The van der Waals surface area contributed by atoms with Gasteiger partial charge in [-0.15, -0.1) is 11.8 Å². The zero-order valence-corrected chi connectivity index (χ0v) is 10.1. The van der Waals surface area contributed by atoms with Crippen molar-refractivity contribution in [3.05, 3.63) is 11.9 Å². The normalized spacial score (nSPS) is 12.5. The molecule has 1 aromatic heterocycles. The summed E-state index contributed by atoms with van der Waals surface area (Å²) < 4.78 is 0. The third-order valence-corrected chi connectivity index (χ3v) is 3.51.